The predicted octanol–water partition coefficient (Wildman–Crippen LogP) is 1.90. The highest BCUT2D eigenvalue weighted by molar-refractivity contribution is 5.89. The molecule has 0 spiro atoms. The van der Waals surface area contributed by atoms with Crippen LogP contribution in [0.2, 0.25) is 0 Å². The van der Waals surface area contributed by atoms with Crippen LogP contribution < -0.4 is 10.6 Å². The Morgan fingerprint density at radius 3 is 2.76 bits per heavy atom. The number of benzene rings is 1. The van der Waals surface area contributed by atoms with Gasteiger partial charge in [0, 0.05) is 13.6 Å². The second kappa shape index (κ2) is 6.85. The summed E-state index contributed by atoms with van der Waals surface area (Å²) < 4.78 is 13.3. The van der Waals surface area contributed by atoms with Crippen LogP contribution in [0.1, 0.15) is 6.42 Å². The summed E-state index contributed by atoms with van der Waals surface area (Å²) in [6, 6.07) is 5.82. The zero-order chi connectivity index (χ0) is 12.7. The van der Waals surface area contributed by atoms with E-state index < -0.39 is 5.82 Å². The van der Waals surface area contributed by atoms with E-state index in [1.807, 2.05) is 7.05 Å². The Kier molecular flexibility index (Phi) is 5.42. The lowest BCUT2D eigenvalue weighted by molar-refractivity contribution is 0.222. The fourth-order valence-electron chi connectivity index (χ4n) is 1.37. The lowest BCUT2D eigenvalue weighted by atomic mass is 10.3. The molecule has 0 aliphatic rings. The molecule has 17 heavy (non-hydrogen) atoms. The molecule has 2 amide bonds. The molecular weight excluding hydrogens is 221 g/mol. The molecule has 1 aromatic rings. The molecule has 0 fully saturated rings. The van der Waals surface area contributed by atoms with Crippen molar-refractivity contribution in [3.63, 3.8) is 0 Å². The van der Waals surface area contributed by atoms with Crippen LogP contribution in [-0.4, -0.2) is 38.1 Å². The van der Waals surface area contributed by atoms with Crippen LogP contribution in [0, 0.1) is 5.82 Å². The third kappa shape index (κ3) is 4.40. The standard InChI is InChI=1S/C12H18FN3O/c1-14-8-5-9-16(2)12(17)15-11-7-4-3-6-10(11)13/h3-4,6-7,14H,5,8-9H2,1-2H3,(H,15,17). The van der Waals surface area contributed by atoms with Gasteiger partial charge >= 0.3 is 6.03 Å². The van der Waals surface area contributed by atoms with Crippen LogP contribution in [0.3, 0.4) is 0 Å². The van der Waals surface area contributed by atoms with Crippen LogP contribution in [-0.2, 0) is 0 Å². The molecule has 4 nitrogen and oxygen atoms in total. The number of halogens is 1. The highest BCUT2D eigenvalue weighted by Gasteiger charge is 2.10. The minimum Gasteiger partial charge on any atom is -0.328 e. The number of urea groups is 1. The molecule has 0 aromatic heterocycles. The van der Waals surface area contributed by atoms with Crippen molar-refractivity contribution in [2.45, 2.75) is 6.42 Å². The summed E-state index contributed by atoms with van der Waals surface area (Å²) in [6.07, 6.45) is 0.859. The average Bonchev–Trinajstić information content (AvgIpc) is 2.32. The highest BCUT2D eigenvalue weighted by atomic mass is 19.1. The Morgan fingerprint density at radius 1 is 1.41 bits per heavy atom. The first-order valence-corrected chi connectivity index (χ1v) is 5.56. The van der Waals surface area contributed by atoms with Crippen LogP contribution in [0.15, 0.2) is 24.3 Å². The van der Waals surface area contributed by atoms with Gasteiger partial charge in [-0.25, -0.2) is 9.18 Å². The first kappa shape index (κ1) is 13.4. The lowest BCUT2D eigenvalue weighted by Crippen LogP contribution is -2.33. The van der Waals surface area contributed by atoms with Gasteiger partial charge < -0.3 is 15.5 Å². The SMILES string of the molecule is CNCCCN(C)C(=O)Nc1ccccc1F. The third-order valence-electron chi connectivity index (χ3n) is 2.38. The summed E-state index contributed by atoms with van der Waals surface area (Å²) in [7, 11) is 3.55. The predicted molar refractivity (Wildman–Crippen MR) is 66.6 cm³/mol. The number of carbonyl (C=O) groups is 1. The molecule has 0 bridgehead atoms. The van der Waals surface area contributed by atoms with Gasteiger partial charge in [-0.15, -0.1) is 0 Å². The Balaban J connectivity index is 2.46. The summed E-state index contributed by atoms with van der Waals surface area (Å²) >= 11 is 0. The smallest absolute Gasteiger partial charge is 0.321 e. The van der Waals surface area contributed by atoms with E-state index in [4.69, 9.17) is 0 Å². The van der Waals surface area contributed by atoms with Gasteiger partial charge in [-0.2, -0.15) is 0 Å². The van der Waals surface area contributed by atoms with E-state index in [0.29, 0.717) is 6.54 Å². The van der Waals surface area contributed by atoms with E-state index in [1.165, 1.54) is 17.0 Å². The molecule has 0 aliphatic carbocycles. The highest BCUT2D eigenvalue weighted by Crippen LogP contribution is 2.12. The van der Waals surface area contributed by atoms with Gasteiger partial charge in [0.05, 0.1) is 5.69 Å². The second-order valence-electron chi connectivity index (χ2n) is 3.79. The zero-order valence-electron chi connectivity index (χ0n) is 10.2. The van der Waals surface area contributed by atoms with E-state index in [0.717, 1.165) is 13.0 Å². The number of hydrogen-bond acceptors (Lipinski definition) is 2. The van der Waals surface area contributed by atoms with Crippen molar-refractivity contribution in [2.75, 3.05) is 32.5 Å². The number of carbonyl (C=O) groups excluding carboxylic acids is 1. The van der Waals surface area contributed by atoms with Crippen molar-refractivity contribution in [3.05, 3.63) is 30.1 Å². The summed E-state index contributed by atoms with van der Waals surface area (Å²) in [4.78, 5) is 13.2. The van der Waals surface area contributed by atoms with Gasteiger partial charge in [0.15, 0.2) is 0 Å². The molecule has 1 rings (SSSR count). The number of rotatable bonds is 5. The molecule has 0 aliphatic heterocycles. The minimum absolute atomic E-state index is 0.206. The molecule has 2 N–H and O–H groups in total. The summed E-state index contributed by atoms with van der Waals surface area (Å²) in [5, 5.41) is 5.53. The zero-order valence-corrected chi connectivity index (χ0v) is 10.2. The Hall–Kier alpha value is -1.62. The van der Waals surface area contributed by atoms with Crippen LogP contribution in [0.5, 0.6) is 0 Å². The van der Waals surface area contributed by atoms with E-state index in [1.54, 1.807) is 19.2 Å². The molecule has 0 radical (unpaired) electrons. The van der Waals surface area contributed by atoms with Crippen molar-refractivity contribution in [2.24, 2.45) is 0 Å². The van der Waals surface area contributed by atoms with Gasteiger partial charge in [-0.05, 0) is 32.1 Å². The summed E-state index contributed by atoms with van der Waals surface area (Å²) in [6.45, 7) is 1.47. The average molecular weight is 239 g/mol. The van der Waals surface area contributed by atoms with Crippen molar-refractivity contribution in [3.8, 4) is 0 Å². The topological polar surface area (TPSA) is 44.4 Å². The molecule has 0 heterocycles. The van der Waals surface area contributed by atoms with Crippen LogP contribution >= 0.6 is 0 Å². The molecule has 0 saturated carbocycles. The van der Waals surface area contributed by atoms with E-state index in [2.05, 4.69) is 10.6 Å². The molecule has 0 atom stereocenters. The lowest BCUT2D eigenvalue weighted by Gasteiger charge is -2.18. The van der Waals surface area contributed by atoms with Crippen molar-refractivity contribution >= 4 is 11.7 Å². The Labute approximate surface area is 101 Å². The Morgan fingerprint density at radius 2 is 2.12 bits per heavy atom. The van der Waals surface area contributed by atoms with Crippen molar-refractivity contribution < 1.29 is 9.18 Å². The first-order chi connectivity index (χ1) is 8.15. The molecule has 1 aromatic carbocycles. The van der Waals surface area contributed by atoms with Crippen molar-refractivity contribution in [1.82, 2.24) is 10.2 Å². The van der Waals surface area contributed by atoms with Gasteiger partial charge in [0.2, 0.25) is 0 Å². The molecule has 0 saturated heterocycles. The number of para-hydroxylation sites is 1. The fraction of sp³-hybridized carbons (Fsp3) is 0.417. The normalized spacial score (nSPS) is 10.1. The summed E-state index contributed by atoms with van der Waals surface area (Å²) in [5.74, 6) is -0.426. The summed E-state index contributed by atoms with van der Waals surface area (Å²) in [5.41, 5.74) is 0.206. The molecule has 94 valence electrons. The molecule has 0 unspecified atom stereocenters. The van der Waals surface area contributed by atoms with Crippen molar-refractivity contribution in [1.29, 1.82) is 0 Å². The minimum atomic E-state index is -0.426. The maximum absolute atomic E-state index is 13.3. The molecular formula is C12H18FN3O. The third-order valence-corrected chi connectivity index (χ3v) is 2.38. The van der Waals surface area contributed by atoms with Gasteiger partial charge in [0.1, 0.15) is 5.82 Å². The number of amides is 2. The number of hydrogen-bond donors (Lipinski definition) is 2. The van der Waals surface area contributed by atoms with Crippen LogP contribution in [0.25, 0.3) is 0 Å². The maximum atomic E-state index is 13.3. The fourth-order valence-corrected chi connectivity index (χ4v) is 1.37. The second-order valence-corrected chi connectivity index (χ2v) is 3.79. The number of anilines is 1. The first-order valence-electron chi connectivity index (χ1n) is 5.56. The number of nitrogens with zero attached hydrogens (tertiary/aromatic N) is 1. The molecule has 5 heteroatoms. The van der Waals surface area contributed by atoms with Gasteiger partial charge in [0.25, 0.3) is 0 Å². The van der Waals surface area contributed by atoms with E-state index in [-0.39, 0.29) is 11.7 Å². The monoisotopic (exact) mass is 239 g/mol. The van der Waals surface area contributed by atoms with Gasteiger partial charge in [-0.1, -0.05) is 12.1 Å². The Bertz CT molecular complexity index is 371. The van der Waals surface area contributed by atoms with Gasteiger partial charge in [-0.3, -0.25) is 0 Å². The number of nitrogens with one attached hydrogen (secondary N) is 2. The van der Waals surface area contributed by atoms with E-state index in [9.17, 15) is 9.18 Å². The quantitative estimate of drug-likeness (QED) is 0.771. The van der Waals surface area contributed by atoms with Crippen LogP contribution in [0.4, 0.5) is 14.9 Å². The van der Waals surface area contributed by atoms with E-state index >= 15 is 0 Å². The maximum Gasteiger partial charge on any atom is 0.321 e. The largest absolute Gasteiger partial charge is 0.328 e.